The van der Waals surface area contributed by atoms with Crippen LogP contribution in [0.3, 0.4) is 0 Å². The van der Waals surface area contributed by atoms with Crippen molar-refractivity contribution in [3.05, 3.63) is 73.8 Å². The molecule has 0 spiro atoms. The van der Waals surface area contributed by atoms with Crippen LogP contribution < -0.4 is 0 Å². The fraction of sp³-hybridized carbons (Fsp3) is 0.0714. The van der Waals surface area contributed by atoms with E-state index in [-0.39, 0.29) is 17.9 Å². The van der Waals surface area contributed by atoms with E-state index >= 15 is 0 Å². The van der Waals surface area contributed by atoms with Gasteiger partial charge in [0.15, 0.2) is 5.78 Å². The molecule has 0 atom stereocenters. The van der Waals surface area contributed by atoms with Gasteiger partial charge in [-0.15, -0.1) is 0 Å². The number of non-ortho nitro benzene ring substituents is 1. The number of hydrogen-bond acceptors (Lipinski definition) is 3. The Morgan fingerprint density at radius 3 is 2.30 bits per heavy atom. The van der Waals surface area contributed by atoms with Crippen LogP contribution in [0.25, 0.3) is 0 Å². The van der Waals surface area contributed by atoms with Crippen molar-refractivity contribution in [2.75, 3.05) is 0 Å². The summed E-state index contributed by atoms with van der Waals surface area (Å²) in [7, 11) is 0. The lowest BCUT2D eigenvalue weighted by Gasteiger charge is -2.04. The van der Waals surface area contributed by atoms with Crippen molar-refractivity contribution >= 4 is 34.7 Å². The topological polar surface area (TPSA) is 60.2 Å². The van der Waals surface area contributed by atoms with Crippen LogP contribution in [0.2, 0.25) is 10.0 Å². The molecule has 0 unspecified atom stereocenters. The highest BCUT2D eigenvalue weighted by atomic mass is 35.5. The van der Waals surface area contributed by atoms with Gasteiger partial charge in [-0.1, -0.05) is 29.3 Å². The molecular formula is C14H9Cl2NO3. The zero-order chi connectivity index (χ0) is 14.7. The minimum atomic E-state index is -0.510. The van der Waals surface area contributed by atoms with Gasteiger partial charge >= 0.3 is 0 Å². The molecule has 0 aliphatic heterocycles. The first kappa shape index (κ1) is 14.5. The molecule has 0 fully saturated rings. The maximum atomic E-state index is 12.1. The molecule has 0 heterocycles. The number of carbonyl (C=O) groups is 1. The maximum absolute atomic E-state index is 12.1. The van der Waals surface area contributed by atoms with Crippen LogP contribution in [0, 0.1) is 10.1 Å². The molecule has 0 saturated heterocycles. The fourth-order valence-corrected chi connectivity index (χ4v) is 2.18. The van der Waals surface area contributed by atoms with Gasteiger partial charge in [-0.2, -0.15) is 0 Å². The lowest BCUT2D eigenvalue weighted by atomic mass is 10.0. The summed E-state index contributed by atoms with van der Waals surface area (Å²) in [4.78, 5) is 22.1. The summed E-state index contributed by atoms with van der Waals surface area (Å²) < 4.78 is 0. The van der Waals surface area contributed by atoms with Crippen molar-refractivity contribution in [1.29, 1.82) is 0 Å². The minimum Gasteiger partial charge on any atom is -0.294 e. The smallest absolute Gasteiger partial charge is 0.269 e. The Morgan fingerprint density at radius 2 is 1.75 bits per heavy atom. The molecule has 2 aromatic carbocycles. The molecule has 0 amide bonds. The first-order chi connectivity index (χ1) is 9.47. The number of halogens is 2. The Balaban J connectivity index is 2.17. The third-order valence-corrected chi connectivity index (χ3v) is 3.35. The summed E-state index contributed by atoms with van der Waals surface area (Å²) in [6.07, 6.45) is 0.119. The van der Waals surface area contributed by atoms with E-state index in [9.17, 15) is 14.9 Å². The van der Waals surface area contributed by atoms with Crippen molar-refractivity contribution in [2.45, 2.75) is 6.42 Å². The van der Waals surface area contributed by atoms with Crippen molar-refractivity contribution < 1.29 is 9.72 Å². The third-order valence-electron chi connectivity index (χ3n) is 2.77. The molecule has 102 valence electrons. The number of nitrogens with zero attached hydrogens (tertiary/aromatic N) is 1. The lowest BCUT2D eigenvalue weighted by Crippen LogP contribution is -2.04. The predicted molar refractivity (Wildman–Crippen MR) is 77.6 cm³/mol. The maximum Gasteiger partial charge on any atom is 0.269 e. The number of nitro groups is 1. The van der Waals surface area contributed by atoms with Crippen LogP contribution in [0.4, 0.5) is 5.69 Å². The molecule has 0 aromatic heterocycles. The quantitative estimate of drug-likeness (QED) is 0.480. The highest BCUT2D eigenvalue weighted by Gasteiger charge is 2.12. The first-order valence-electron chi connectivity index (χ1n) is 5.69. The Bertz CT molecular complexity index is 669. The van der Waals surface area contributed by atoms with E-state index < -0.39 is 4.92 Å². The molecule has 0 aliphatic carbocycles. The summed E-state index contributed by atoms with van der Waals surface area (Å²) in [5.41, 5.74) is 1.02. The second-order valence-electron chi connectivity index (χ2n) is 4.14. The van der Waals surface area contributed by atoms with Gasteiger partial charge in [0.25, 0.3) is 5.69 Å². The van der Waals surface area contributed by atoms with Gasteiger partial charge < -0.3 is 0 Å². The minimum absolute atomic E-state index is 0.0499. The molecule has 0 bridgehead atoms. The number of rotatable bonds is 4. The highest BCUT2D eigenvalue weighted by Crippen LogP contribution is 2.22. The van der Waals surface area contributed by atoms with E-state index in [0.717, 1.165) is 0 Å². The Kier molecular flexibility index (Phi) is 4.37. The second kappa shape index (κ2) is 6.03. The van der Waals surface area contributed by atoms with E-state index in [0.29, 0.717) is 21.2 Å². The van der Waals surface area contributed by atoms with Crippen molar-refractivity contribution in [3.8, 4) is 0 Å². The Hall–Kier alpha value is -1.91. The van der Waals surface area contributed by atoms with Crippen molar-refractivity contribution in [2.24, 2.45) is 0 Å². The Labute approximate surface area is 125 Å². The van der Waals surface area contributed by atoms with Crippen LogP contribution in [0.15, 0.2) is 42.5 Å². The van der Waals surface area contributed by atoms with Gasteiger partial charge in [0, 0.05) is 34.2 Å². The van der Waals surface area contributed by atoms with Gasteiger partial charge in [-0.05, 0) is 29.8 Å². The van der Waals surface area contributed by atoms with Crippen LogP contribution in [-0.4, -0.2) is 10.7 Å². The largest absolute Gasteiger partial charge is 0.294 e. The summed E-state index contributed by atoms with van der Waals surface area (Å²) in [5, 5.41) is 11.5. The van der Waals surface area contributed by atoms with E-state index in [1.165, 1.54) is 24.3 Å². The van der Waals surface area contributed by atoms with Crippen molar-refractivity contribution in [3.63, 3.8) is 0 Å². The molecule has 2 aromatic rings. The second-order valence-corrected chi connectivity index (χ2v) is 4.98. The van der Waals surface area contributed by atoms with Gasteiger partial charge in [0.2, 0.25) is 0 Å². The lowest BCUT2D eigenvalue weighted by molar-refractivity contribution is -0.384. The van der Waals surface area contributed by atoms with Gasteiger partial charge in [0.05, 0.1) is 4.92 Å². The monoisotopic (exact) mass is 309 g/mol. The third kappa shape index (κ3) is 3.35. The van der Waals surface area contributed by atoms with Crippen LogP contribution in [-0.2, 0) is 6.42 Å². The van der Waals surface area contributed by atoms with E-state index in [1.807, 2.05) is 0 Å². The highest BCUT2D eigenvalue weighted by molar-refractivity contribution is 6.35. The molecule has 0 saturated carbocycles. The zero-order valence-corrected chi connectivity index (χ0v) is 11.7. The SMILES string of the molecule is O=C(Cc1ccc(Cl)cc1Cl)c1ccc([N+](=O)[O-])cc1. The average Bonchev–Trinajstić information content (AvgIpc) is 2.42. The predicted octanol–water partition coefficient (Wildman–Crippen LogP) is 4.33. The van der Waals surface area contributed by atoms with Crippen LogP contribution in [0.5, 0.6) is 0 Å². The summed E-state index contributed by atoms with van der Waals surface area (Å²) in [5.74, 6) is -0.163. The number of Topliss-reactive ketones (excluding diaryl/α,β-unsaturated/α-hetero) is 1. The van der Waals surface area contributed by atoms with Gasteiger partial charge in [-0.3, -0.25) is 14.9 Å². The normalized spacial score (nSPS) is 10.3. The number of nitro benzene ring substituents is 1. The molecule has 20 heavy (non-hydrogen) atoms. The fourth-order valence-electron chi connectivity index (χ4n) is 1.71. The molecule has 4 nitrogen and oxygen atoms in total. The number of ketones is 1. The summed E-state index contributed by atoms with van der Waals surface area (Å²) >= 11 is 11.8. The van der Waals surface area contributed by atoms with Crippen molar-refractivity contribution in [1.82, 2.24) is 0 Å². The molecule has 0 N–H and O–H groups in total. The Morgan fingerprint density at radius 1 is 1.10 bits per heavy atom. The van der Waals surface area contributed by atoms with E-state index in [4.69, 9.17) is 23.2 Å². The number of benzene rings is 2. The van der Waals surface area contributed by atoms with Gasteiger partial charge in [-0.25, -0.2) is 0 Å². The standard InChI is InChI=1S/C14H9Cl2NO3/c15-11-4-1-10(13(16)8-11)7-14(18)9-2-5-12(6-3-9)17(19)20/h1-6,8H,7H2. The van der Waals surface area contributed by atoms with Crippen LogP contribution >= 0.6 is 23.2 Å². The van der Waals surface area contributed by atoms with E-state index in [1.54, 1.807) is 18.2 Å². The molecule has 0 aliphatic rings. The van der Waals surface area contributed by atoms with E-state index in [2.05, 4.69) is 0 Å². The number of carbonyl (C=O) groups excluding carboxylic acids is 1. The molecular weight excluding hydrogens is 301 g/mol. The summed E-state index contributed by atoms with van der Waals surface area (Å²) in [6.45, 7) is 0. The molecule has 2 rings (SSSR count). The van der Waals surface area contributed by atoms with Crippen LogP contribution in [0.1, 0.15) is 15.9 Å². The van der Waals surface area contributed by atoms with Gasteiger partial charge in [0.1, 0.15) is 0 Å². The summed E-state index contributed by atoms with van der Waals surface area (Å²) in [6, 6.07) is 10.4. The molecule has 0 radical (unpaired) electrons. The average molecular weight is 310 g/mol. The first-order valence-corrected chi connectivity index (χ1v) is 6.44. The molecule has 6 heteroatoms. The number of hydrogen-bond donors (Lipinski definition) is 0. The zero-order valence-electron chi connectivity index (χ0n) is 10.2.